The third kappa shape index (κ3) is 4.65. The first-order chi connectivity index (χ1) is 12.1. The summed E-state index contributed by atoms with van der Waals surface area (Å²) in [6.45, 7) is 2.28. The number of aromatic nitrogens is 2. The average Bonchev–Trinajstić information content (AvgIpc) is 3.05. The van der Waals surface area contributed by atoms with Crippen LogP contribution in [0.3, 0.4) is 0 Å². The molecular weight excluding hydrogens is 320 g/mol. The molecular formula is C18H22N4O3. The minimum atomic E-state index is -0.0822. The van der Waals surface area contributed by atoms with Crippen molar-refractivity contribution in [3.8, 4) is 0 Å². The normalized spacial score (nSPS) is 20.0. The lowest BCUT2D eigenvalue weighted by molar-refractivity contribution is -0.128. The van der Waals surface area contributed by atoms with E-state index in [0.29, 0.717) is 31.0 Å². The van der Waals surface area contributed by atoms with Crippen LogP contribution in [0.4, 0.5) is 5.82 Å². The summed E-state index contributed by atoms with van der Waals surface area (Å²) in [5.74, 6) is 0.998. The molecule has 0 aromatic carbocycles. The number of nitrogens with zero attached hydrogens (tertiary/aromatic N) is 2. The number of hydrogen-bond donors (Lipinski definition) is 2. The SMILES string of the molecule is Cc1cc(NC(=O)C2CCC(C(=O)NCc3ccncc3)CC2)no1. The maximum absolute atomic E-state index is 12.3. The standard InChI is InChI=1S/C18H22N4O3/c1-12-10-16(22-25-12)21-18(24)15-4-2-14(3-5-15)17(23)20-11-13-6-8-19-9-7-13/h6-10,14-15H,2-5,11H2,1H3,(H,20,23)(H,21,22,24). The van der Waals surface area contributed by atoms with Crippen molar-refractivity contribution in [1.82, 2.24) is 15.5 Å². The van der Waals surface area contributed by atoms with Gasteiger partial charge in [-0.15, -0.1) is 0 Å². The van der Waals surface area contributed by atoms with Gasteiger partial charge in [0.15, 0.2) is 5.82 Å². The van der Waals surface area contributed by atoms with Gasteiger partial charge in [-0.1, -0.05) is 5.16 Å². The Balaban J connectivity index is 1.43. The zero-order valence-electron chi connectivity index (χ0n) is 14.2. The molecule has 0 unspecified atom stereocenters. The van der Waals surface area contributed by atoms with Gasteiger partial charge in [-0.05, 0) is 50.3 Å². The Morgan fingerprint density at radius 3 is 2.36 bits per heavy atom. The Bertz CT molecular complexity index is 721. The fourth-order valence-corrected chi connectivity index (χ4v) is 3.11. The molecule has 2 amide bonds. The van der Waals surface area contributed by atoms with E-state index in [1.807, 2.05) is 12.1 Å². The topological polar surface area (TPSA) is 97.1 Å². The van der Waals surface area contributed by atoms with Crippen molar-refractivity contribution in [2.24, 2.45) is 11.8 Å². The van der Waals surface area contributed by atoms with Crippen LogP contribution in [0.15, 0.2) is 35.1 Å². The fraction of sp³-hybridized carbons (Fsp3) is 0.444. The number of amides is 2. The summed E-state index contributed by atoms with van der Waals surface area (Å²) in [4.78, 5) is 28.5. The van der Waals surface area contributed by atoms with Gasteiger partial charge in [0.1, 0.15) is 5.76 Å². The number of hydrogen-bond acceptors (Lipinski definition) is 5. The van der Waals surface area contributed by atoms with Crippen LogP contribution in [0, 0.1) is 18.8 Å². The molecule has 0 atom stereocenters. The molecule has 2 aromatic rings. The number of carbonyl (C=O) groups excluding carboxylic acids is 2. The second kappa shape index (κ2) is 7.92. The average molecular weight is 342 g/mol. The Morgan fingerprint density at radius 1 is 1.12 bits per heavy atom. The summed E-state index contributed by atoms with van der Waals surface area (Å²) in [6.07, 6.45) is 6.27. The second-order valence-corrected chi connectivity index (χ2v) is 6.43. The molecule has 0 saturated heterocycles. The summed E-state index contributed by atoms with van der Waals surface area (Å²) in [5.41, 5.74) is 1.03. The molecule has 1 fully saturated rings. The van der Waals surface area contributed by atoms with E-state index in [2.05, 4.69) is 20.8 Å². The van der Waals surface area contributed by atoms with Crippen LogP contribution < -0.4 is 10.6 Å². The van der Waals surface area contributed by atoms with Crippen molar-refractivity contribution >= 4 is 17.6 Å². The predicted octanol–water partition coefficient (Wildman–Crippen LogP) is 2.44. The van der Waals surface area contributed by atoms with Crippen LogP contribution in [0.2, 0.25) is 0 Å². The number of aryl methyl sites for hydroxylation is 1. The molecule has 1 aliphatic rings. The van der Waals surface area contributed by atoms with Gasteiger partial charge in [-0.25, -0.2) is 0 Å². The third-order valence-electron chi connectivity index (χ3n) is 4.56. The minimum Gasteiger partial charge on any atom is -0.360 e. The van der Waals surface area contributed by atoms with Crippen molar-refractivity contribution in [3.63, 3.8) is 0 Å². The van der Waals surface area contributed by atoms with E-state index >= 15 is 0 Å². The molecule has 132 valence electrons. The number of pyridine rings is 1. The lowest BCUT2D eigenvalue weighted by Crippen LogP contribution is -2.35. The molecule has 25 heavy (non-hydrogen) atoms. The zero-order valence-corrected chi connectivity index (χ0v) is 14.2. The van der Waals surface area contributed by atoms with Crippen LogP contribution in [0.1, 0.15) is 37.0 Å². The van der Waals surface area contributed by atoms with Gasteiger partial charge in [-0.2, -0.15) is 0 Å². The lowest BCUT2D eigenvalue weighted by atomic mass is 9.81. The van der Waals surface area contributed by atoms with Crippen LogP contribution in [-0.4, -0.2) is 22.0 Å². The maximum Gasteiger partial charge on any atom is 0.228 e. The Kier molecular flexibility index (Phi) is 5.42. The molecule has 2 heterocycles. The van der Waals surface area contributed by atoms with Crippen molar-refractivity contribution in [1.29, 1.82) is 0 Å². The second-order valence-electron chi connectivity index (χ2n) is 6.43. The predicted molar refractivity (Wildman–Crippen MR) is 91.4 cm³/mol. The van der Waals surface area contributed by atoms with Gasteiger partial charge >= 0.3 is 0 Å². The molecule has 0 bridgehead atoms. The molecule has 1 saturated carbocycles. The van der Waals surface area contributed by atoms with Crippen LogP contribution in [0.25, 0.3) is 0 Å². The summed E-state index contributed by atoms with van der Waals surface area (Å²) in [7, 11) is 0. The van der Waals surface area contributed by atoms with Crippen molar-refractivity contribution in [3.05, 3.63) is 41.9 Å². The highest BCUT2D eigenvalue weighted by molar-refractivity contribution is 5.91. The smallest absolute Gasteiger partial charge is 0.228 e. The van der Waals surface area contributed by atoms with Gasteiger partial charge in [0.05, 0.1) is 0 Å². The largest absolute Gasteiger partial charge is 0.360 e. The molecule has 0 aliphatic heterocycles. The van der Waals surface area contributed by atoms with Crippen molar-refractivity contribution in [2.75, 3.05) is 5.32 Å². The van der Waals surface area contributed by atoms with Gasteiger partial charge < -0.3 is 15.2 Å². The molecule has 2 N–H and O–H groups in total. The summed E-state index contributed by atoms with van der Waals surface area (Å²) in [5, 5.41) is 9.51. The van der Waals surface area contributed by atoms with E-state index in [4.69, 9.17) is 4.52 Å². The van der Waals surface area contributed by atoms with E-state index in [9.17, 15) is 9.59 Å². The Labute approximate surface area is 146 Å². The van der Waals surface area contributed by atoms with Crippen LogP contribution >= 0.6 is 0 Å². The van der Waals surface area contributed by atoms with Gasteiger partial charge in [0.2, 0.25) is 11.8 Å². The molecule has 7 nitrogen and oxygen atoms in total. The van der Waals surface area contributed by atoms with E-state index in [1.54, 1.807) is 25.4 Å². The molecule has 7 heteroatoms. The molecule has 3 rings (SSSR count). The monoisotopic (exact) mass is 342 g/mol. The van der Waals surface area contributed by atoms with E-state index in [-0.39, 0.29) is 23.7 Å². The lowest BCUT2D eigenvalue weighted by Gasteiger charge is -2.26. The van der Waals surface area contributed by atoms with Crippen molar-refractivity contribution in [2.45, 2.75) is 39.2 Å². The highest BCUT2D eigenvalue weighted by Crippen LogP contribution is 2.30. The third-order valence-corrected chi connectivity index (χ3v) is 4.56. The van der Waals surface area contributed by atoms with Crippen molar-refractivity contribution < 1.29 is 14.1 Å². The van der Waals surface area contributed by atoms with Crippen LogP contribution in [-0.2, 0) is 16.1 Å². The highest BCUT2D eigenvalue weighted by Gasteiger charge is 2.30. The van der Waals surface area contributed by atoms with E-state index in [1.165, 1.54) is 0 Å². The first kappa shape index (κ1) is 17.1. The maximum atomic E-state index is 12.3. The molecule has 0 radical (unpaired) electrons. The first-order valence-corrected chi connectivity index (χ1v) is 8.52. The quantitative estimate of drug-likeness (QED) is 0.870. The van der Waals surface area contributed by atoms with Crippen LogP contribution in [0.5, 0.6) is 0 Å². The molecule has 1 aliphatic carbocycles. The van der Waals surface area contributed by atoms with E-state index in [0.717, 1.165) is 18.4 Å². The Hall–Kier alpha value is -2.70. The fourth-order valence-electron chi connectivity index (χ4n) is 3.11. The van der Waals surface area contributed by atoms with Gasteiger partial charge in [0, 0.05) is 36.8 Å². The number of nitrogens with one attached hydrogen (secondary N) is 2. The summed E-state index contributed by atoms with van der Waals surface area (Å²) < 4.78 is 4.94. The number of carbonyl (C=O) groups is 2. The van der Waals surface area contributed by atoms with E-state index < -0.39 is 0 Å². The highest BCUT2D eigenvalue weighted by atomic mass is 16.5. The van der Waals surface area contributed by atoms with Gasteiger partial charge in [-0.3, -0.25) is 14.6 Å². The molecule has 0 spiro atoms. The molecule has 2 aromatic heterocycles. The zero-order chi connectivity index (χ0) is 17.6. The van der Waals surface area contributed by atoms with Gasteiger partial charge in [0.25, 0.3) is 0 Å². The summed E-state index contributed by atoms with van der Waals surface area (Å²) in [6, 6.07) is 5.45. The Morgan fingerprint density at radius 2 is 1.76 bits per heavy atom. The number of rotatable bonds is 5. The first-order valence-electron chi connectivity index (χ1n) is 8.52. The summed E-state index contributed by atoms with van der Waals surface area (Å²) >= 11 is 0. The minimum absolute atomic E-state index is 0.0276. The number of anilines is 1.